The number of para-hydroxylation sites is 3. The Labute approximate surface area is 492 Å². The van der Waals surface area contributed by atoms with Crippen LogP contribution < -0.4 is 9.30 Å². The molecule has 0 radical (unpaired) electrons. The standard InChI is InChI=1S/C72H50N4O2.Pt/c1-44-17-14-18-45(2)69(44)47-38-62-56-24-9-7-22-54(56)53-21-6-8-23-55(53)60-28-16-27-52(46-31-34-67-61(37-46)59-26-11-13-30-66(59)78-67)70(60)75-43-74(65(39-47)71(62)75)49-19-15-20-50(41-49)77-51-32-33-58-57-25-10-12-29-63(57)76(64(58)42-51)68-40-48(35-36-73-68)72(3,4)5;/h6-40H,1-5H3;/q-2;/i1D3,2D3,6D,7D,8D,9D,21D,22D,23D,24D;. The van der Waals surface area contributed by atoms with Gasteiger partial charge in [-0.3, -0.25) is 4.57 Å². The van der Waals surface area contributed by atoms with E-state index in [0.29, 0.717) is 45.1 Å². The molecule has 0 N–H and O–H groups in total. The molecule has 0 saturated heterocycles. The molecule has 0 amide bonds. The molecular weight excluding hydrogens is 1150 g/mol. The number of benzene rings is 10. The summed E-state index contributed by atoms with van der Waals surface area (Å²) in [5.74, 6) is 1.25. The van der Waals surface area contributed by atoms with Gasteiger partial charge in [0.1, 0.15) is 17.0 Å². The number of nitrogens with zero attached hydrogens (tertiary/aromatic N) is 4. The number of hydrogen-bond acceptors (Lipinski definition) is 3. The Kier molecular flexibility index (Phi) is 8.30. The summed E-state index contributed by atoms with van der Waals surface area (Å²) in [5, 5.41) is 3.50. The van der Waals surface area contributed by atoms with Crippen LogP contribution in [-0.2, 0) is 26.5 Å². The first-order valence-corrected chi connectivity index (χ1v) is 25.5. The summed E-state index contributed by atoms with van der Waals surface area (Å²) in [6.07, 6.45) is 5.40. The summed E-state index contributed by atoms with van der Waals surface area (Å²) in [6.45, 7) is 0.641. The van der Waals surface area contributed by atoms with E-state index in [1.807, 2.05) is 84.9 Å². The molecule has 7 heteroatoms. The number of fused-ring (bicyclic) bond motifs is 13. The number of ether oxygens (including phenoxy) is 1. The minimum Gasteiger partial charge on any atom is -0.510 e. The van der Waals surface area contributed by atoms with E-state index in [1.54, 1.807) is 51.7 Å². The van der Waals surface area contributed by atoms with Gasteiger partial charge in [-0.05, 0) is 145 Å². The van der Waals surface area contributed by atoms with Crippen molar-refractivity contribution in [1.29, 1.82) is 0 Å². The number of imidazole rings is 1. The molecule has 0 saturated carbocycles. The van der Waals surface area contributed by atoms with Crippen LogP contribution in [0.25, 0.3) is 128 Å². The van der Waals surface area contributed by atoms with Crippen molar-refractivity contribution in [2.24, 2.45) is 0 Å². The van der Waals surface area contributed by atoms with Crippen molar-refractivity contribution in [2.75, 3.05) is 0 Å². The molecule has 0 fully saturated rings. The second kappa shape index (κ2) is 18.5. The van der Waals surface area contributed by atoms with Crippen LogP contribution in [0.2, 0.25) is 0 Å². The van der Waals surface area contributed by atoms with Crippen LogP contribution >= 0.6 is 0 Å². The van der Waals surface area contributed by atoms with Crippen LogP contribution in [-0.4, -0.2) is 14.1 Å². The topological polar surface area (TPSA) is 49.0 Å². The molecule has 1 aliphatic rings. The van der Waals surface area contributed by atoms with Crippen LogP contribution in [0.1, 0.15) is 56.7 Å². The first-order chi connectivity index (χ1) is 43.9. The van der Waals surface area contributed by atoms with Gasteiger partial charge >= 0.3 is 0 Å². The third-order valence-electron chi connectivity index (χ3n) is 14.8. The molecule has 6 nitrogen and oxygen atoms in total. The number of aryl methyl sites for hydroxylation is 2. The first kappa shape index (κ1) is 35.3. The van der Waals surface area contributed by atoms with Crippen molar-refractivity contribution in [1.82, 2.24) is 14.1 Å². The molecule has 5 heterocycles. The van der Waals surface area contributed by atoms with Gasteiger partial charge in [0.05, 0.1) is 27.7 Å². The zero-order chi connectivity index (χ0) is 64.4. The van der Waals surface area contributed by atoms with Gasteiger partial charge in [-0.25, -0.2) is 4.98 Å². The van der Waals surface area contributed by atoms with Gasteiger partial charge in [0.15, 0.2) is 0 Å². The van der Waals surface area contributed by atoms with Gasteiger partial charge in [0.2, 0.25) is 0 Å². The maximum absolute atomic E-state index is 10.00. The Balaban J connectivity index is 0.00000749. The fourth-order valence-electron chi connectivity index (χ4n) is 11.2. The molecule has 382 valence electrons. The van der Waals surface area contributed by atoms with Crippen LogP contribution in [0.15, 0.2) is 217 Å². The molecule has 0 unspecified atom stereocenters. The summed E-state index contributed by atoms with van der Waals surface area (Å²) < 4.78 is 148. The van der Waals surface area contributed by atoms with Gasteiger partial charge in [0.25, 0.3) is 6.33 Å². The molecule has 1 aliphatic heterocycles. The zero-order valence-electron chi connectivity index (χ0n) is 56.5. The van der Waals surface area contributed by atoms with Crippen molar-refractivity contribution in [3.05, 3.63) is 247 Å². The predicted molar refractivity (Wildman–Crippen MR) is 316 cm³/mol. The van der Waals surface area contributed by atoms with E-state index < -0.39 is 62.0 Å². The van der Waals surface area contributed by atoms with Crippen molar-refractivity contribution < 1.29 is 54.0 Å². The Hall–Kier alpha value is -9.09. The summed E-state index contributed by atoms with van der Waals surface area (Å²) in [6, 6.07) is 48.9. The number of rotatable bonds is 6. The fourth-order valence-corrected chi connectivity index (χ4v) is 11.2. The second-order valence-corrected chi connectivity index (χ2v) is 20.5. The largest absolute Gasteiger partial charge is 0.510 e. The number of pyridine rings is 1. The molecule has 0 atom stereocenters. The van der Waals surface area contributed by atoms with E-state index in [2.05, 4.69) is 55.9 Å². The SMILES string of the molecule is [2H]c1c([2H])c([2H])c2c(c1[2H])-c1cccc(-c3ccc4oc5ccccc5c4c3)c1-[n+]1[c-]n(-c3[c-]c(Oc4[c-]c5c(cc4)c4ccccc4n5-c4cc(C(C)(C)C)ccn4)ccc3)c3cc(-c4c(C([2H])([2H])[2H])cccc4C([2H])([2H])[2H])cc(c31)-c1c([2H])c([2H])c([2H])c([2H])c1-2.[Pt]. The third-order valence-corrected chi connectivity index (χ3v) is 14.8. The van der Waals surface area contributed by atoms with Crippen LogP contribution in [0.4, 0.5) is 0 Å². The maximum Gasteiger partial charge on any atom is 0.268 e. The molecule has 15 rings (SSSR count). The molecule has 10 aromatic carbocycles. The number of furan rings is 1. The van der Waals surface area contributed by atoms with Gasteiger partial charge < -0.3 is 18.3 Å². The van der Waals surface area contributed by atoms with Gasteiger partial charge in [-0.1, -0.05) is 160 Å². The van der Waals surface area contributed by atoms with E-state index in [4.69, 9.17) is 22.4 Å². The smallest absolute Gasteiger partial charge is 0.268 e. The van der Waals surface area contributed by atoms with E-state index in [1.165, 1.54) is 24.3 Å². The normalized spacial score (nSPS) is 14.9. The minimum absolute atomic E-state index is 0. The van der Waals surface area contributed by atoms with Crippen molar-refractivity contribution >= 4 is 54.8 Å². The predicted octanol–water partition coefficient (Wildman–Crippen LogP) is 18.1. The van der Waals surface area contributed by atoms with E-state index in [9.17, 15) is 11.0 Å². The molecule has 4 aromatic heterocycles. The van der Waals surface area contributed by atoms with Gasteiger partial charge in [0, 0.05) is 63.3 Å². The van der Waals surface area contributed by atoms with E-state index >= 15 is 0 Å². The Morgan fingerprint density at radius 1 is 0.570 bits per heavy atom. The zero-order valence-corrected chi connectivity index (χ0v) is 44.8. The quantitative estimate of drug-likeness (QED) is 0.123. The average Bonchev–Trinajstić information content (AvgIpc) is 1.63. The van der Waals surface area contributed by atoms with E-state index in [0.717, 1.165) is 32.6 Å². The van der Waals surface area contributed by atoms with Crippen LogP contribution in [0.5, 0.6) is 11.5 Å². The molecular formula is C72H50N4O2Pt-2. The first-order valence-electron chi connectivity index (χ1n) is 32.5. The number of aromatic nitrogens is 4. The van der Waals surface area contributed by atoms with E-state index in [-0.39, 0.29) is 105 Å². The molecule has 0 aliphatic carbocycles. The monoisotopic (exact) mass is 1210 g/mol. The van der Waals surface area contributed by atoms with Gasteiger partial charge in [-0.15, -0.1) is 29.7 Å². The summed E-state index contributed by atoms with van der Waals surface area (Å²) >= 11 is 0. The summed E-state index contributed by atoms with van der Waals surface area (Å²) in [5.41, 5.74) is 4.54. The Morgan fingerprint density at radius 3 is 2.04 bits per heavy atom. The van der Waals surface area contributed by atoms with Crippen LogP contribution in [0.3, 0.4) is 0 Å². The molecule has 0 bridgehead atoms. The molecule has 14 aromatic rings. The Bertz CT molecular complexity index is 5490. The second-order valence-electron chi connectivity index (χ2n) is 20.5. The number of hydrogen-bond donors (Lipinski definition) is 0. The van der Waals surface area contributed by atoms with Crippen molar-refractivity contribution in [2.45, 2.75) is 39.9 Å². The summed E-state index contributed by atoms with van der Waals surface area (Å²) in [4.78, 5) is 4.85. The van der Waals surface area contributed by atoms with Crippen LogP contribution in [0, 0.1) is 32.2 Å². The van der Waals surface area contributed by atoms with Crippen molar-refractivity contribution in [3.63, 3.8) is 0 Å². The fraction of sp³-hybridized carbons (Fsp3) is 0.0833. The van der Waals surface area contributed by atoms with Crippen molar-refractivity contribution in [3.8, 4) is 84.3 Å². The molecule has 79 heavy (non-hydrogen) atoms. The van der Waals surface area contributed by atoms with Gasteiger partial charge in [-0.2, -0.15) is 18.2 Å². The summed E-state index contributed by atoms with van der Waals surface area (Å²) in [7, 11) is 0. The average molecular weight is 1210 g/mol. The maximum atomic E-state index is 10.00. The Morgan fingerprint density at radius 2 is 1.25 bits per heavy atom. The molecule has 0 spiro atoms. The third kappa shape index (κ3) is 7.80. The minimum atomic E-state index is -2.90.